The molecule has 0 spiro atoms. The van der Waals surface area contributed by atoms with E-state index in [1.54, 1.807) is 18.2 Å². The molecule has 6 aromatic carbocycles. The lowest BCUT2D eigenvalue weighted by Crippen LogP contribution is -2.65. The smallest absolute Gasteiger partial charge is 0.348 e. The Bertz CT molecular complexity index is 2800. The van der Waals surface area contributed by atoms with Crippen molar-refractivity contribution >= 4 is 11.9 Å². The summed E-state index contributed by atoms with van der Waals surface area (Å²) in [4.78, 5) is 25.1. The average molecular weight is 1030 g/mol. The molecule has 0 saturated carbocycles. The Morgan fingerprint density at radius 2 is 1.17 bits per heavy atom. The summed E-state index contributed by atoms with van der Waals surface area (Å²) in [7, 11) is 4.55. The van der Waals surface area contributed by atoms with Gasteiger partial charge in [0.15, 0.2) is 35.8 Å². The first-order valence-electron chi connectivity index (χ1n) is 24.5. The van der Waals surface area contributed by atoms with Gasteiger partial charge < -0.3 is 62.5 Å². The van der Waals surface area contributed by atoms with Gasteiger partial charge in [-0.15, -0.1) is 0 Å². The molecule has 15 nitrogen and oxygen atoms in total. The lowest BCUT2D eigenvalue weighted by Gasteiger charge is -2.46. The minimum atomic E-state index is -3.15. The predicted octanol–water partition coefficient (Wildman–Crippen LogP) is 8.48. The van der Waals surface area contributed by atoms with Gasteiger partial charge in [0.25, 0.3) is 5.91 Å². The van der Waals surface area contributed by atoms with Crippen LogP contribution in [0.25, 0.3) is 0 Å². The van der Waals surface area contributed by atoms with E-state index in [1.165, 1.54) is 21.3 Å². The highest BCUT2D eigenvalue weighted by atomic mass is 19.2. The molecule has 1 amide bonds. The summed E-state index contributed by atoms with van der Waals surface area (Å²) in [6.07, 6.45) is -4.30. The van der Waals surface area contributed by atoms with Crippen molar-refractivity contribution in [3.8, 4) is 28.7 Å². The Morgan fingerprint density at radius 3 is 1.69 bits per heavy atom. The molecule has 3 aliphatic heterocycles. The number of carbonyl (C=O) groups excluding carboxylic acids is 2. The minimum Gasteiger partial charge on any atom is -0.493 e. The normalized spacial score (nSPS) is 24.2. The lowest BCUT2D eigenvalue weighted by atomic mass is 9.65. The van der Waals surface area contributed by atoms with E-state index in [2.05, 4.69) is 5.32 Å². The number of hydrogen-bond donors (Lipinski definition) is 2. The predicted molar refractivity (Wildman–Crippen MR) is 267 cm³/mol. The van der Waals surface area contributed by atoms with E-state index < -0.39 is 72.8 Å². The molecule has 2 saturated heterocycles. The SMILES string of the molecule is COc1cc([C@@H]2c3cc4c(cc3[C@@H](NC(=O)CF)[C@H]3COC(=O)[C@H]23)OCO4)cc(OC)c1OC.O[C@@]1(F)O[C@H](COCc2ccccc2)[C@H](OCc2ccccc2)[C@H](OCc2ccccc2)[C@H]1OCc1ccccc1. The number of carbonyl (C=O) groups is 2. The third kappa shape index (κ3) is 12.2. The Labute approximate surface area is 433 Å². The van der Waals surface area contributed by atoms with E-state index >= 15 is 4.39 Å². The number of benzene rings is 6. The van der Waals surface area contributed by atoms with Crippen LogP contribution in [0.15, 0.2) is 146 Å². The largest absolute Gasteiger partial charge is 0.493 e. The van der Waals surface area contributed by atoms with Crippen LogP contribution < -0.4 is 29.0 Å². The number of esters is 1. The van der Waals surface area contributed by atoms with Crippen LogP contribution in [-0.2, 0) is 64.4 Å². The van der Waals surface area contributed by atoms with Gasteiger partial charge in [-0.05, 0) is 63.2 Å². The Hall–Kier alpha value is -7.12. The van der Waals surface area contributed by atoms with Crippen LogP contribution >= 0.6 is 0 Å². The summed E-state index contributed by atoms with van der Waals surface area (Å²) in [6, 6.07) is 41.6. The Morgan fingerprint density at radius 1 is 0.667 bits per heavy atom. The zero-order valence-electron chi connectivity index (χ0n) is 41.6. The molecule has 4 aliphatic rings. The van der Waals surface area contributed by atoms with E-state index in [9.17, 15) is 19.1 Å². The maximum atomic E-state index is 16.0. The van der Waals surface area contributed by atoms with Gasteiger partial charge in [0, 0.05) is 11.8 Å². The number of amides is 1. The molecule has 6 aromatic rings. The number of fused-ring (bicyclic) bond motifs is 3. The van der Waals surface area contributed by atoms with Crippen LogP contribution in [0.2, 0.25) is 0 Å². The average Bonchev–Trinajstić information content (AvgIpc) is 4.07. The molecule has 17 heteroatoms. The lowest BCUT2D eigenvalue weighted by molar-refractivity contribution is -0.418. The van der Waals surface area contributed by atoms with Crippen molar-refractivity contribution in [3.05, 3.63) is 185 Å². The van der Waals surface area contributed by atoms with Crippen molar-refractivity contribution in [3.63, 3.8) is 0 Å². The standard InChI is InChI=1S/C34H35FO6.C24H24FNO8/c35-34(36)33(40-24-29-19-11-4-12-20-29)32(39-23-28-17-9-3-10-18-28)31(38-22-27-15-7-2-8-16-27)30(41-34)25-37-21-26-13-5-1-6-14-26;1-29-17-4-11(5-18(30-2)23(17)31-3)20-12-6-15-16(34-10-33-15)7-13(12)22(26-19(27)8-25)14-9-32-24(28)21(14)20/h1-20,30-33,36H,21-25H2;4-7,14,20-22H,8-10H2,1-3H3,(H,26,27)/t30-,31+,32+,33-,34-;14-,20+,21-,22+/m10/s1. The molecule has 0 aromatic heterocycles. The highest BCUT2D eigenvalue weighted by Crippen LogP contribution is 2.55. The third-order valence-electron chi connectivity index (χ3n) is 13.6. The maximum absolute atomic E-state index is 16.0. The van der Waals surface area contributed by atoms with E-state index in [0.717, 1.165) is 33.4 Å². The van der Waals surface area contributed by atoms with Crippen molar-refractivity contribution < 1.29 is 75.6 Å². The third-order valence-corrected chi connectivity index (χ3v) is 13.6. The van der Waals surface area contributed by atoms with Crippen LogP contribution in [-0.4, -0.2) is 95.5 Å². The van der Waals surface area contributed by atoms with Crippen molar-refractivity contribution in [1.82, 2.24) is 5.32 Å². The van der Waals surface area contributed by atoms with Crippen LogP contribution in [0.3, 0.4) is 0 Å². The first kappa shape index (κ1) is 52.7. The Balaban J connectivity index is 0.000000187. The van der Waals surface area contributed by atoms with E-state index in [0.29, 0.717) is 40.9 Å². The van der Waals surface area contributed by atoms with Crippen molar-refractivity contribution in [1.29, 1.82) is 0 Å². The fourth-order valence-electron chi connectivity index (χ4n) is 10.0. The summed E-state index contributed by atoms with van der Waals surface area (Å²) in [6.45, 7) is -0.316. The van der Waals surface area contributed by atoms with E-state index in [-0.39, 0.29) is 39.8 Å². The van der Waals surface area contributed by atoms with Crippen molar-refractivity contribution in [2.45, 2.75) is 68.8 Å². The first-order chi connectivity index (χ1) is 36.6. The van der Waals surface area contributed by atoms with Gasteiger partial charge in [-0.1, -0.05) is 121 Å². The van der Waals surface area contributed by atoms with Crippen molar-refractivity contribution in [2.75, 3.05) is 48.0 Å². The van der Waals surface area contributed by atoms with E-state index in [1.807, 2.05) is 127 Å². The summed E-state index contributed by atoms with van der Waals surface area (Å²) < 4.78 is 92.5. The molecular formula is C58H59F2NO14. The van der Waals surface area contributed by atoms with Gasteiger partial charge >= 0.3 is 12.0 Å². The van der Waals surface area contributed by atoms with Gasteiger partial charge in [0.05, 0.1) is 72.9 Å². The van der Waals surface area contributed by atoms with Crippen LogP contribution in [0.1, 0.15) is 50.9 Å². The number of ether oxygens (including phenoxy) is 11. The molecular weight excluding hydrogens is 973 g/mol. The number of nitrogens with one attached hydrogen (secondary N) is 1. The van der Waals surface area contributed by atoms with Gasteiger partial charge in [-0.25, -0.2) is 4.39 Å². The van der Waals surface area contributed by atoms with Crippen LogP contribution in [0, 0.1) is 11.8 Å². The first-order valence-corrected chi connectivity index (χ1v) is 24.5. The topological polar surface area (TPSA) is 168 Å². The molecule has 3 heterocycles. The van der Waals surface area contributed by atoms with Crippen LogP contribution in [0.4, 0.5) is 8.78 Å². The number of hydrogen-bond acceptors (Lipinski definition) is 14. The van der Waals surface area contributed by atoms with E-state index in [4.69, 9.17) is 52.1 Å². The summed E-state index contributed by atoms with van der Waals surface area (Å²) >= 11 is 0. The fraction of sp³-hybridized carbons (Fsp3) is 0.345. The molecule has 9 atom stereocenters. The minimum absolute atomic E-state index is 0.0306. The number of rotatable bonds is 19. The zero-order valence-corrected chi connectivity index (χ0v) is 41.6. The van der Waals surface area contributed by atoms with Gasteiger partial charge in [-0.2, -0.15) is 4.39 Å². The molecule has 0 radical (unpaired) electrons. The summed E-state index contributed by atoms with van der Waals surface area (Å²) in [5, 5.41) is 13.7. The van der Waals surface area contributed by atoms with Gasteiger partial charge in [0.2, 0.25) is 12.5 Å². The quantitative estimate of drug-likeness (QED) is 0.0742. The number of methoxy groups -OCH3 is 3. The molecule has 2 fully saturated rings. The fourth-order valence-corrected chi connectivity index (χ4v) is 10.0. The maximum Gasteiger partial charge on any atom is 0.348 e. The van der Waals surface area contributed by atoms with Gasteiger partial charge in [-0.3, -0.25) is 9.59 Å². The molecule has 1 aliphatic carbocycles. The highest BCUT2D eigenvalue weighted by Gasteiger charge is 2.58. The Kier molecular flexibility index (Phi) is 17.2. The zero-order chi connectivity index (χ0) is 52.3. The second-order valence-corrected chi connectivity index (χ2v) is 18.3. The van der Waals surface area contributed by atoms with Crippen molar-refractivity contribution in [2.24, 2.45) is 11.8 Å². The molecule has 75 heavy (non-hydrogen) atoms. The molecule has 0 bridgehead atoms. The second-order valence-electron chi connectivity index (χ2n) is 18.3. The summed E-state index contributed by atoms with van der Waals surface area (Å²) in [5.41, 5.74) is 5.79. The molecule has 10 rings (SSSR count). The highest BCUT2D eigenvalue weighted by molar-refractivity contribution is 5.81. The summed E-state index contributed by atoms with van der Waals surface area (Å²) in [5.74, 6) is -0.345. The molecule has 394 valence electrons. The number of halogens is 2. The molecule has 2 N–H and O–H groups in total. The number of alkyl halides is 2. The molecule has 0 unspecified atom stereocenters. The number of cyclic esters (lactones) is 1. The van der Waals surface area contributed by atoms with Crippen LogP contribution in [0.5, 0.6) is 28.7 Å². The number of aliphatic hydroxyl groups is 1. The van der Waals surface area contributed by atoms with Gasteiger partial charge in [0.1, 0.15) is 18.3 Å². The monoisotopic (exact) mass is 1030 g/mol. The second kappa shape index (κ2) is 24.5.